The van der Waals surface area contributed by atoms with Crippen molar-refractivity contribution in [2.45, 2.75) is 26.9 Å². The molecule has 2 N–H and O–H groups in total. The first-order valence-corrected chi connectivity index (χ1v) is 21.5. The van der Waals surface area contributed by atoms with Crippen LogP contribution < -0.4 is 9.97 Å². The standard InChI is InChI=1S/2C21H18N2.2CH4O3S/c2*1-2-23-20-6-4-3-5-18(20)19-15-17(9-10-21(19)23)8-7-16-11-13-22-14-12-16;2*1-5(2,3)4/h2*3-15H,2H2,1H3;2*1H3,(H,2,3,4)/b2*8-7+;;. The van der Waals surface area contributed by atoms with Crippen molar-refractivity contribution in [3.05, 3.63) is 156 Å². The van der Waals surface area contributed by atoms with Gasteiger partial charge in [0.25, 0.3) is 0 Å². The Hall–Kier alpha value is -5.92. The third kappa shape index (κ3) is 11.5. The molecule has 4 aromatic heterocycles. The van der Waals surface area contributed by atoms with Gasteiger partial charge in [-0.05, 0) is 72.5 Å². The zero-order chi connectivity index (χ0) is 40.3. The molecule has 8 aromatic rings. The summed E-state index contributed by atoms with van der Waals surface area (Å²) in [7, 11) is -7.83. The van der Waals surface area contributed by atoms with Gasteiger partial charge in [-0.2, -0.15) is 0 Å². The van der Waals surface area contributed by atoms with E-state index in [0.29, 0.717) is 12.5 Å². The quantitative estimate of drug-likeness (QED) is 0.156. The Morgan fingerprint density at radius 3 is 1.11 bits per heavy atom. The number of hydrogen-bond acceptors (Lipinski definition) is 6. The van der Waals surface area contributed by atoms with Gasteiger partial charge in [-0.15, -0.1) is 0 Å². The summed E-state index contributed by atoms with van der Waals surface area (Å²) in [6, 6.07) is 39.0. The number of para-hydroxylation sites is 2. The molecule has 0 aliphatic heterocycles. The number of rotatable bonds is 6. The van der Waals surface area contributed by atoms with Crippen LogP contribution >= 0.6 is 0 Å². The molecule has 0 unspecified atom stereocenters. The van der Waals surface area contributed by atoms with Crippen molar-refractivity contribution in [3.63, 3.8) is 0 Å². The van der Waals surface area contributed by atoms with Crippen LogP contribution in [0.2, 0.25) is 0 Å². The maximum Gasteiger partial charge on any atom is 0.167 e. The van der Waals surface area contributed by atoms with Crippen molar-refractivity contribution in [2.75, 3.05) is 12.5 Å². The summed E-state index contributed by atoms with van der Waals surface area (Å²) >= 11 is 0. The van der Waals surface area contributed by atoms with Crippen LogP contribution in [-0.2, 0) is 33.3 Å². The molecule has 0 saturated carbocycles. The van der Waals surface area contributed by atoms with Crippen LogP contribution in [0, 0.1) is 0 Å². The maximum absolute atomic E-state index is 9.08. The van der Waals surface area contributed by atoms with E-state index < -0.39 is 20.2 Å². The summed E-state index contributed by atoms with van der Waals surface area (Å²) in [5.41, 5.74) is 10.1. The van der Waals surface area contributed by atoms with Crippen LogP contribution in [0.1, 0.15) is 36.1 Å². The lowest BCUT2D eigenvalue weighted by atomic mass is 10.1. The van der Waals surface area contributed by atoms with Gasteiger partial charge in [-0.1, -0.05) is 72.8 Å². The largest absolute Gasteiger partial charge is 0.748 e. The van der Waals surface area contributed by atoms with Crippen molar-refractivity contribution >= 4 is 88.2 Å². The number of aromatic nitrogens is 4. The molecule has 288 valence electrons. The highest BCUT2D eigenvalue weighted by Crippen LogP contribution is 2.31. The van der Waals surface area contributed by atoms with Crippen molar-refractivity contribution in [2.24, 2.45) is 0 Å². The fourth-order valence-corrected chi connectivity index (χ4v) is 6.44. The molecule has 56 heavy (non-hydrogen) atoms. The number of hydrogen-bond donors (Lipinski definition) is 0. The van der Waals surface area contributed by atoms with Gasteiger partial charge in [0, 0.05) is 93.5 Å². The number of H-pyrrole nitrogens is 2. The minimum absolute atomic E-state index is 0.604. The van der Waals surface area contributed by atoms with Crippen LogP contribution in [0.5, 0.6) is 0 Å². The molecule has 0 atom stereocenters. The summed E-state index contributed by atoms with van der Waals surface area (Å²) < 4.78 is 59.2. The van der Waals surface area contributed by atoms with E-state index in [-0.39, 0.29) is 0 Å². The van der Waals surface area contributed by atoms with E-state index in [4.69, 9.17) is 25.9 Å². The van der Waals surface area contributed by atoms with E-state index in [9.17, 15) is 0 Å². The number of aryl methyl sites for hydroxylation is 2. The molecule has 4 aromatic carbocycles. The fraction of sp³-hybridized carbons (Fsp3) is 0.136. The number of aromatic amines is 2. The topological polar surface area (TPSA) is 153 Å². The average Bonchev–Trinajstić information content (AvgIpc) is 3.67. The van der Waals surface area contributed by atoms with Crippen LogP contribution in [0.4, 0.5) is 0 Å². The third-order valence-electron chi connectivity index (χ3n) is 8.65. The Morgan fingerprint density at radius 2 is 0.768 bits per heavy atom. The van der Waals surface area contributed by atoms with Crippen molar-refractivity contribution < 1.29 is 35.9 Å². The number of pyridine rings is 2. The molecule has 0 aliphatic carbocycles. The molecule has 0 fully saturated rings. The predicted molar refractivity (Wildman–Crippen MR) is 225 cm³/mol. The molecular weight excluding hydrogens is 745 g/mol. The second kappa shape index (κ2) is 18.6. The SMILES string of the molecule is CCn1c2ccccc2c2cc(/C=C/c3cc[nH+]cc3)ccc21.CCn1c2ccccc2c2cc(/C=C/c3cc[nH+]cc3)ccc21.CS(=O)(=O)[O-].CS(=O)(=O)[O-]. The van der Waals surface area contributed by atoms with Crippen molar-refractivity contribution in [1.82, 2.24) is 9.13 Å². The Morgan fingerprint density at radius 1 is 0.464 bits per heavy atom. The molecule has 0 amide bonds. The predicted octanol–water partition coefficient (Wildman–Crippen LogP) is 7.92. The van der Waals surface area contributed by atoms with E-state index in [2.05, 4.69) is 166 Å². The van der Waals surface area contributed by atoms with E-state index in [0.717, 1.165) is 13.1 Å². The lowest BCUT2D eigenvalue weighted by molar-refractivity contribution is -0.378. The molecule has 0 radical (unpaired) electrons. The highest BCUT2D eigenvalue weighted by Gasteiger charge is 2.10. The van der Waals surface area contributed by atoms with Crippen LogP contribution in [0.15, 0.2) is 134 Å². The highest BCUT2D eigenvalue weighted by molar-refractivity contribution is 7.85. The summed E-state index contributed by atoms with van der Waals surface area (Å²) in [6.45, 7) is 6.37. The monoisotopic (exact) mass is 788 g/mol. The average molecular weight is 789 g/mol. The smallest absolute Gasteiger partial charge is 0.167 e. The second-order valence-corrected chi connectivity index (χ2v) is 15.6. The van der Waals surface area contributed by atoms with Crippen LogP contribution in [-0.4, -0.2) is 47.6 Å². The number of fused-ring (bicyclic) bond motifs is 6. The first-order chi connectivity index (χ1) is 26.7. The van der Waals surface area contributed by atoms with E-state index in [1.807, 2.05) is 24.8 Å². The Bertz CT molecular complexity index is 2630. The summed E-state index contributed by atoms with van der Waals surface area (Å²) in [5, 5.41) is 5.31. The lowest BCUT2D eigenvalue weighted by Crippen LogP contribution is -1.96. The third-order valence-corrected chi connectivity index (χ3v) is 8.65. The molecule has 0 saturated heterocycles. The molecule has 12 heteroatoms. The Balaban J connectivity index is 0.000000173. The summed E-state index contributed by atoms with van der Waals surface area (Å²) in [4.78, 5) is 6.10. The van der Waals surface area contributed by atoms with Gasteiger partial charge in [0.1, 0.15) is 0 Å². The van der Waals surface area contributed by atoms with Gasteiger partial charge in [0.15, 0.2) is 24.8 Å². The van der Waals surface area contributed by atoms with Gasteiger partial charge >= 0.3 is 0 Å². The van der Waals surface area contributed by atoms with Gasteiger partial charge in [0.2, 0.25) is 0 Å². The molecule has 10 nitrogen and oxygen atoms in total. The molecule has 4 heterocycles. The van der Waals surface area contributed by atoms with E-state index >= 15 is 0 Å². The molecule has 0 bridgehead atoms. The van der Waals surface area contributed by atoms with Crippen molar-refractivity contribution in [1.29, 1.82) is 0 Å². The first-order valence-electron chi connectivity index (χ1n) is 17.9. The zero-order valence-corrected chi connectivity index (χ0v) is 33.2. The summed E-state index contributed by atoms with van der Waals surface area (Å²) in [6.07, 6.45) is 17.6. The van der Waals surface area contributed by atoms with Gasteiger partial charge < -0.3 is 18.2 Å². The lowest BCUT2D eigenvalue weighted by Gasteiger charge is -2.02. The Kier molecular flexibility index (Phi) is 13.7. The minimum atomic E-state index is -3.92. The molecule has 0 aliphatic rings. The molecule has 0 spiro atoms. The first kappa shape index (κ1) is 41.2. The van der Waals surface area contributed by atoms with E-state index in [1.165, 1.54) is 65.9 Å². The van der Waals surface area contributed by atoms with Crippen LogP contribution in [0.25, 0.3) is 67.9 Å². The van der Waals surface area contributed by atoms with Crippen LogP contribution in [0.3, 0.4) is 0 Å². The Labute approximate surface area is 327 Å². The normalized spacial score (nSPS) is 11.7. The highest BCUT2D eigenvalue weighted by atomic mass is 32.2. The fourth-order valence-electron chi connectivity index (χ4n) is 6.44. The number of nitrogens with one attached hydrogen (secondary N) is 2. The number of benzene rings is 4. The van der Waals surface area contributed by atoms with Gasteiger partial charge in [-0.25, -0.2) is 26.8 Å². The minimum Gasteiger partial charge on any atom is -0.748 e. The second-order valence-electron chi connectivity index (χ2n) is 12.8. The molecule has 8 rings (SSSR count). The maximum atomic E-state index is 9.08. The summed E-state index contributed by atoms with van der Waals surface area (Å²) in [5.74, 6) is 0. The molecular formula is C44H44N4O6S2. The van der Waals surface area contributed by atoms with Gasteiger partial charge in [-0.3, -0.25) is 0 Å². The number of nitrogens with zero attached hydrogens (tertiary/aromatic N) is 2. The van der Waals surface area contributed by atoms with Gasteiger partial charge in [0.05, 0.1) is 20.2 Å². The zero-order valence-electron chi connectivity index (χ0n) is 31.6. The van der Waals surface area contributed by atoms with E-state index in [1.54, 1.807) is 0 Å². The van der Waals surface area contributed by atoms with Crippen molar-refractivity contribution in [3.8, 4) is 0 Å².